The van der Waals surface area contributed by atoms with E-state index in [4.69, 9.17) is 5.73 Å². The van der Waals surface area contributed by atoms with Crippen molar-refractivity contribution < 1.29 is 0 Å². The summed E-state index contributed by atoms with van der Waals surface area (Å²) in [7, 11) is 0. The molecule has 0 saturated carbocycles. The molecule has 1 aliphatic heterocycles. The Morgan fingerprint density at radius 2 is 2.30 bits per heavy atom. The van der Waals surface area contributed by atoms with Gasteiger partial charge in [0.15, 0.2) is 5.13 Å². The third kappa shape index (κ3) is 2.96. The number of aromatic nitrogens is 1. The fraction of sp³-hybridized carbons (Fsp3) is 0.562. The van der Waals surface area contributed by atoms with E-state index in [-0.39, 0.29) is 0 Å². The highest BCUT2D eigenvalue weighted by Gasteiger charge is 2.21. The van der Waals surface area contributed by atoms with Crippen LogP contribution in [0.1, 0.15) is 44.6 Å². The van der Waals surface area contributed by atoms with Crippen molar-refractivity contribution in [2.24, 2.45) is 0 Å². The molecule has 0 bridgehead atoms. The molecule has 1 unspecified atom stereocenters. The Labute approximate surface area is 124 Å². The van der Waals surface area contributed by atoms with Gasteiger partial charge in [0, 0.05) is 12.6 Å². The van der Waals surface area contributed by atoms with Crippen LogP contribution < -0.4 is 5.73 Å². The molecule has 20 heavy (non-hydrogen) atoms. The van der Waals surface area contributed by atoms with Crippen molar-refractivity contribution in [3.63, 3.8) is 0 Å². The molecule has 1 aromatic heterocycles. The maximum absolute atomic E-state index is 5.78. The molecule has 2 N–H and O–H groups in total. The van der Waals surface area contributed by atoms with E-state index < -0.39 is 0 Å². The van der Waals surface area contributed by atoms with Gasteiger partial charge in [-0.15, -0.1) is 0 Å². The monoisotopic (exact) mass is 289 g/mol. The number of fused-ring (bicyclic) bond motifs is 1. The summed E-state index contributed by atoms with van der Waals surface area (Å²) in [6, 6.07) is 7.35. The van der Waals surface area contributed by atoms with E-state index in [2.05, 4.69) is 35.0 Å². The van der Waals surface area contributed by atoms with E-state index in [1.807, 2.05) is 0 Å². The molecule has 3 nitrogen and oxygen atoms in total. The van der Waals surface area contributed by atoms with Crippen molar-refractivity contribution in [3.05, 3.63) is 23.8 Å². The van der Waals surface area contributed by atoms with Crippen molar-refractivity contribution in [1.29, 1.82) is 0 Å². The summed E-state index contributed by atoms with van der Waals surface area (Å²) in [6.45, 7) is 4.60. The molecular formula is C16H23N3S. The summed E-state index contributed by atoms with van der Waals surface area (Å²) < 4.78 is 1.21. The largest absolute Gasteiger partial charge is 0.375 e. The lowest BCUT2D eigenvalue weighted by atomic mass is 9.97. The van der Waals surface area contributed by atoms with Crippen LogP contribution in [0, 0.1) is 0 Å². The minimum absolute atomic E-state index is 0.666. The number of nitrogen functional groups attached to an aromatic ring is 1. The predicted octanol–water partition coefficient (Wildman–Crippen LogP) is 4.03. The lowest BCUT2D eigenvalue weighted by Gasteiger charge is -2.35. The molecule has 0 aliphatic carbocycles. The molecule has 2 aromatic rings. The van der Waals surface area contributed by atoms with Crippen LogP contribution in [0.3, 0.4) is 0 Å². The van der Waals surface area contributed by atoms with E-state index in [1.165, 1.54) is 48.9 Å². The molecule has 0 amide bonds. The average Bonchev–Trinajstić information content (AvgIpc) is 2.81. The molecule has 1 aliphatic rings. The van der Waals surface area contributed by atoms with Gasteiger partial charge in [0.25, 0.3) is 0 Å². The number of hydrogen-bond acceptors (Lipinski definition) is 4. The zero-order valence-electron chi connectivity index (χ0n) is 12.1. The van der Waals surface area contributed by atoms with Crippen LogP contribution in [0.15, 0.2) is 18.2 Å². The number of nitrogens with two attached hydrogens (primary N) is 1. The fourth-order valence-corrected chi connectivity index (χ4v) is 4.05. The van der Waals surface area contributed by atoms with Crippen molar-refractivity contribution in [3.8, 4) is 0 Å². The minimum atomic E-state index is 0.666. The molecule has 1 fully saturated rings. The van der Waals surface area contributed by atoms with E-state index in [0.717, 1.165) is 18.1 Å². The van der Waals surface area contributed by atoms with Gasteiger partial charge < -0.3 is 5.73 Å². The number of nitrogens with zero attached hydrogens (tertiary/aromatic N) is 2. The fourth-order valence-electron chi connectivity index (χ4n) is 3.25. The van der Waals surface area contributed by atoms with Gasteiger partial charge in [-0.3, -0.25) is 4.90 Å². The summed E-state index contributed by atoms with van der Waals surface area (Å²) in [6.07, 6.45) is 6.71. The topological polar surface area (TPSA) is 42.2 Å². The lowest BCUT2D eigenvalue weighted by Crippen LogP contribution is -2.38. The van der Waals surface area contributed by atoms with Crippen molar-refractivity contribution >= 4 is 26.7 Å². The van der Waals surface area contributed by atoms with Gasteiger partial charge >= 0.3 is 0 Å². The number of thiazole rings is 1. The van der Waals surface area contributed by atoms with Gasteiger partial charge in [0.05, 0.1) is 10.2 Å². The molecule has 2 heterocycles. The molecule has 1 aromatic carbocycles. The Morgan fingerprint density at radius 1 is 1.40 bits per heavy atom. The first-order valence-electron chi connectivity index (χ1n) is 7.65. The molecule has 0 radical (unpaired) electrons. The van der Waals surface area contributed by atoms with Crippen LogP contribution in [0.2, 0.25) is 0 Å². The second kappa shape index (κ2) is 6.10. The predicted molar refractivity (Wildman–Crippen MR) is 87.0 cm³/mol. The standard InChI is InChI=1S/C16H23N3S/c1-2-5-13-6-3-4-9-19(13)11-12-7-8-14-15(10-12)20-16(17)18-14/h7-8,10,13H,2-6,9,11H2,1H3,(H2,17,18). The Bertz CT molecular complexity index is 576. The minimum Gasteiger partial charge on any atom is -0.375 e. The van der Waals surface area contributed by atoms with Crippen molar-refractivity contribution in [2.45, 2.75) is 51.6 Å². The van der Waals surface area contributed by atoms with Crippen molar-refractivity contribution in [2.75, 3.05) is 12.3 Å². The van der Waals surface area contributed by atoms with Gasteiger partial charge in [-0.2, -0.15) is 0 Å². The number of rotatable bonds is 4. The molecule has 108 valence electrons. The molecule has 1 saturated heterocycles. The van der Waals surface area contributed by atoms with Gasteiger partial charge in [-0.25, -0.2) is 4.98 Å². The van der Waals surface area contributed by atoms with Gasteiger partial charge in [-0.05, 0) is 43.5 Å². The van der Waals surface area contributed by atoms with E-state index in [9.17, 15) is 0 Å². The smallest absolute Gasteiger partial charge is 0.181 e. The molecule has 4 heteroatoms. The highest BCUT2D eigenvalue weighted by atomic mass is 32.1. The molecule has 1 atom stereocenters. The first-order valence-corrected chi connectivity index (χ1v) is 8.47. The third-order valence-corrected chi connectivity index (χ3v) is 5.07. The van der Waals surface area contributed by atoms with E-state index >= 15 is 0 Å². The summed E-state index contributed by atoms with van der Waals surface area (Å²) in [5, 5.41) is 0.666. The Kier molecular flexibility index (Phi) is 4.22. The maximum Gasteiger partial charge on any atom is 0.181 e. The molecular weight excluding hydrogens is 266 g/mol. The Morgan fingerprint density at radius 3 is 3.15 bits per heavy atom. The summed E-state index contributed by atoms with van der Waals surface area (Å²) in [5.41, 5.74) is 8.20. The first kappa shape index (κ1) is 13.8. The van der Waals surface area contributed by atoms with Crippen LogP contribution in [0.4, 0.5) is 5.13 Å². The Hall–Kier alpha value is -1.13. The number of anilines is 1. The highest BCUT2D eigenvalue weighted by Crippen LogP contribution is 2.27. The number of likely N-dealkylation sites (tertiary alicyclic amines) is 1. The molecule has 0 spiro atoms. The number of piperidine rings is 1. The normalized spacial score (nSPS) is 20.6. The van der Waals surface area contributed by atoms with Gasteiger partial charge in [-0.1, -0.05) is 37.2 Å². The van der Waals surface area contributed by atoms with E-state index in [0.29, 0.717) is 5.13 Å². The third-order valence-electron chi connectivity index (χ3n) is 4.23. The van der Waals surface area contributed by atoms with Crippen molar-refractivity contribution in [1.82, 2.24) is 9.88 Å². The van der Waals surface area contributed by atoms with Gasteiger partial charge in [0.1, 0.15) is 0 Å². The Balaban J connectivity index is 1.76. The number of benzene rings is 1. The second-order valence-corrected chi connectivity index (χ2v) is 6.83. The first-order chi connectivity index (χ1) is 9.76. The average molecular weight is 289 g/mol. The zero-order chi connectivity index (χ0) is 13.9. The lowest BCUT2D eigenvalue weighted by molar-refractivity contribution is 0.131. The summed E-state index contributed by atoms with van der Waals surface area (Å²) >= 11 is 1.59. The van der Waals surface area contributed by atoms with E-state index in [1.54, 1.807) is 11.3 Å². The maximum atomic E-state index is 5.78. The summed E-state index contributed by atoms with van der Waals surface area (Å²) in [5.74, 6) is 0. The van der Waals surface area contributed by atoms with Crippen LogP contribution in [-0.2, 0) is 6.54 Å². The molecule has 3 rings (SSSR count). The van der Waals surface area contributed by atoms with Crippen LogP contribution in [0.5, 0.6) is 0 Å². The van der Waals surface area contributed by atoms with Crippen LogP contribution in [0.25, 0.3) is 10.2 Å². The summed E-state index contributed by atoms with van der Waals surface area (Å²) in [4.78, 5) is 6.99. The highest BCUT2D eigenvalue weighted by molar-refractivity contribution is 7.22. The van der Waals surface area contributed by atoms with Crippen LogP contribution in [-0.4, -0.2) is 22.5 Å². The quantitative estimate of drug-likeness (QED) is 0.924. The van der Waals surface area contributed by atoms with Gasteiger partial charge in [0.2, 0.25) is 0 Å². The van der Waals surface area contributed by atoms with Crippen LogP contribution >= 0.6 is 11.3 Å². The SMILES string of the molecule is CCCC1CCCCN1Cc1ccc2nc(N)sc2c1. The zero-order valence-corrected chi connectivity index (χ0v) is 13.0. The number of hydrogen-bond donors (Lipinski definition) is 1. The second-order valence-electron chi connectivity index (χ2n) is 5.76.